The van der Waals surface area contributed by atoms with Gasteiger partial charge in [-0.3, -0.25) is 9.89 Å². The number of likely N-dealkylation sites (tertiary alicyclic amines) is 1. The van der Waals surface area contributed by atoms with Gasteiger partial charge in [0.25, 0.3) is 0 Å². The van der Waals surface area contributed by atoms with Crippen molar-refractivity contribution >= 4 is 17.3 Å². The van der Waals surface area contributed by atoms with Crippen molar-refractivity contribution in [2.24, 2.45) is 10.9 Å². The maximum Gasteiger partial charge on any atom is 0.191 e. The van der Waals surface area contributed by atoms with Gasteiger partial charge in [-0.2, -0.15) is 0 Å². The molecule has 1 aliphatic heterocycles. The number of hydrogen-bond donors (Lipinski definition) is 2. The number of piperidine rings is 1. The highest BCUT2D eigenvalue weighted by Crippen LogP contribution is 2.20. The number of benzene rings is 1. The number of ether oxygens (including phenoxy) is 1. The second-order valence-corrected chi connectivity index (χ2v) is 8.65. The average molecular weight is 428 g/mol. The van der Waals surface area contributed by atoms with Crippen LogP contribution in [0.2, 0.25) is 0 Å². The SMILES string of the molecule is C=CCOc1ccccc1CNC(=NC)NCC1CCN(Cc2csc(C)n2)CC1. The van der Waals surface area contributed by atoms with E-state index in [9.17, 15) is 0 Å². The molecule has 2 heterocycles. The Morgan fingerprint density at radius 2 is 2.13 bits per heavy atom. The van der Waals surface area contributed by atoms with Crippen molar-refractivity contribution in [2.75, 3.05) is 33.3 Å². The predicted octanol–water partition coefficient (Wildman–Crippen LogP) is 3.59. The van der Waals surface area contributed by atoms with Crippen molar-refractivity contribution in [1.29, 1.82) is 0 Å². The van der Waals surface area contributed by atoms with Crippen LogP contribution in [0.3, 0.4) is 0 Å². The van der Waals surface area contributed by atoms with Crippen molar-refractivity contribution in [3.8, 4) is 5.75 Å². The Labute approximate surface area is 184 Å². The Balaban J connectivity index is 1.39. The van der Waals surface area contributed by atoms with Gasteiger partial charge in [0.2, 0.25) is 0 Å². The van der Waals surface area contributed by atoms with E-state index in [0.29, 0.717) is 19.1 Å². The van der Waals surface area contributed by atoms with Crippen LogP contribution in [-0.2, 0) is 13.1 Å². The molecule has 0 amide bonds. The molecule has 3 rings (SSSR count). The minimum absolute atomic E-state index is 0.505. The molecule has 0 atom stereocenters. The van der Waals surface area contributed by atoms with Crippen LogP contribution < -0.4 is 15.4 Å². The third-order valence-corrected chi connectivity index (χ3v) is 6.14. The average Bonchev–Trinajstić information content (AvgIpc) is 3.18. The van der Waals surface area contributed by atoms with Crippen LogP contribution in [0.25, 0.3) is 0 Å². The van der Waals surface area contributed by atoms with Gasteiger partial charge in [-0.25, -0.2) is 4.98 Å². The second-order valence-electron chi connectivity index (χ2n) is 7.59. The molecular formula is C23H33N5OS. The molecule has 1 aromatic heterocycles. The van der Waals surface area contributed by atoms with Gasteiger partial charge >= 0.3 is 0 Å². The van der Waals surface area contributed by atoms with Gasteiger partial charge < -0.3 is 15.4 Å². The molecule has 0 saturated carbocycles. The van der Waals surface area contributed by atoms with Crippen LogP contribution in [0.1, 0.15) is 29.1 Å². The normalized spacial score (nSPS) is 15.7. The Kier molecular flexibility index (Phi) is 8.71. The first-order valence-corrected chi connectivity index (χ1v) is 11.5. The predicted molar refractivity (Wildman–Crippen MR) is 125 cm³/mol. The summed E-state index contributed by atoms with van der Waals surface area (Å²) in [5.74, 6) is 2.37. The Morgan fingerprint density at radius 3 is 2.83 bits per heavy atom. The molecule has 2 N–H and O–H groups in total. The van der Waals surface area contributed by atoms with E-state index in [0.717, 1.165) is 48.5 Å². The van der Waals surface area contributed by atoms with E-state index in [-0.39, 0.29) is 0 Å². The van der Waals surface area contributed by atoms with E-state index in [1.807, 2.05) is 25.2 Å². The van der Waals surface area contributed by atoms with E-state index >= 15 is 0 Å². The highest BCUT2D eigenvalue weighted by molar-refractivity contribution is 7.09. The molecule has 0 radical (unpaired) electrons. The highest BCUT2D eigenvalue weighted by atomic mass is 32.1. The molecule has 2 aromatic rings. The van der Waals surface area contributed by atoms with E-state index in [4.69, 9.17) is 4.74 Å². The minimum Gasteiger partial charge on any atom is -0.489 e. The second kappa shape index (κ2) is 11.7. The molecule has 7 heteroatoms. The lowest BCUT2D eigenvalue weighted by Gasteiger charge is -2.31. The maximum atomic E-state index is 5.73. The fourth-order valence-electron chi connectivity index (χ4n) is 3.64. The quantitative estimate of drug-likeness (QED) is 0.364. The first-order valence-electron chi connectivity index (χ1n) is 10.6. The van der Waals surface area contributed by atoms with E-state index in [1.165, 1.54) is 18.5 Å². The molecule has 0 unspecified atom stereocenters. The number of aromatic nitrogens is 1. The summed E-state index contributed by atoms with van der Waals surface area (Å²) in [4.78, 5) is 11.5. The van der Waals surface area contributed by atoms with Crippen molar-refractivity contribution in [2.45, 2.75) is 32.9 Å². The van der Waals surface area contributed by atoms with Crippen LogP contribution in [0.4, 0.5) is 0 Å². The zero-order chi connectivity index (χ0) is 21.2. The molecule has 0 bridgehead atoms. The first-order chi connectivity index (χ1) is 14.7. The Morgan fingerprint density at radius 1 is 1.33 bits per heavy atom. The third-order valence-electron chi connectivity index (χ3n) is 5.32. The van der Waals surface area contributed by atoms with Crippen molar-refractivity contribution in [3.05, 3.63) is 58.6 Å². The smallest absolute Gasteiger partial charge is 0.191 e. The first kappa shape index (κ1) is 22.3. The summed E-state index contributed by atoms with van der Waals surface area (Å²) in [6, 6.07) is 8.06. The number of aryl methyl sites for hydroxylation is 1. The third kappa shape index (κ3) is 6.85. The number of nitrogens with zero attached hydrogens (tertiary/aromatic N) is 3. The summed E-state index contributed by atoms with van der Waals surface area (Å²) in [7, 11) is 1.81. The molecule has 162 valence electrons. The zero-order valence-corrected chi connectivity index (χ0v) is 18.9. The number of rotatable bonds is 9. The van der Waals surface area contributed by atoms with Crippen LogP contribution in [0, 0.1) is 12.8 Å². The molecule has 1 aliphatic rings. The fraction of sp³-hybridized carbons (Fsp3) is 0.478. The van der Waals surface area contributed by atoms with Crippen LogP contribution >= 0.6 is 11.3 Å². The standard InChI is InChI=1S/C23H33N5OS/c1-4-13-29-22-8-6-5-7-20(22)15-26-23(24-3)25-14-19-9-11-28(12-10-19)16-21-17-30-18(2)27-21/h4-8,17,19H,1,9-16H2,2-3H3,(H2,24,25,26). The molecule has 1 saturated heterocycles. The van der Waals surface area contributed by atoms with Gasteiger partial charge in [0.15, 0.2) is 5.96 Å². The molecular weight excluding hydrogens is 394 g/mol. The molecule has 30 heavy (non-hydrogen) atoms. The van der Waals surface area contributed by atoms with Gasteiger partial charge in [-0.15, -0.1) is 11.3 Å². The van der Waals surface area contributed by atoms with E-state index < -0.39 is 0 Å². The monoisotopic (exact) mass is 427 g/mol. The van der Waals surface area contributed by atoms with Crippen molar-refractivity contribution in [1.82, 2.24) is 20.5 Å². The number of aliphatic imine (C=N–C) groups is 1. The fourth-order valence-corrected chi connectivity index (χ4v) is 4.24. The summed E-state index contributed by atoms with van der Waals surface area (Å²) in [5, 5.41) is 10.2. The Hall–Kier alpha value is -2.38. The number of thiazole rings is 1. The van der Waals surface area contributed by atoms with E-state index in [1.54, 1.807) is 17.4 Å². The van der Waals surface area contributed by atoms with Gasteiger partial charge in [-0.05, 0) is 44.8 Å². The topological polar surface area (TPSA) is 61.8 Å². The van der Waals surface area contributed by atoms with Gasteiger partial charge in [0, 0.05) is 37.6 Å². The van der Waals surface area contributed by atoms with Gasteiger partial charge in [-0.1, -0.05) is 30.9 Å². The lowest BCUT2D eigenvalue weighted by Crippen LogP contribution is -2.42. The summed E-state index contributed by atoms with van der Waals surface area (Å²) in [6.07, 6.45) is 4.16. The van der Waals surface area contributed by atoms with Crippen molar-refractivity contribution in [3.63, 3.8) is 0 Å². The van der Waals surface area contributed by atoms with Crippen LogP contribution in [0.15, 0.2) is 47.3 Å². The van der Waals surface area contributed by atoms with Gasteiger partial charge in [0.1, 0.15) is 12.4 Å². The lowest BCUT2D eigenvalue weighted by atomic mass is 9.97. The summed E-state index contributed by atoms with van der Waals surface area (Å²) in [6.45, 7) is 11.1. The molecule has 1 aromatic carbocycles. The zero-order valence-electron chi connectivity index (χ0n) is 18.1. The molecule has 1 fully saturated rings. The number of para-hydroxylation sites is 1. The van der Waals surface area contributed by atoms with Crippen LogP contribution in [-0.4, -0.2) is 49.1 Å². The number of hydrogen-bond acceptors (Lipinski definition) is 5. The van der Waals surface area contributed by atoms with Gasteiger partial charge in [0.05, 0.1) is 10.7 Å². The number of nitrogens with one attached hydrogen (secondary N) is 2. The lowest BCUT2D eigenvalue weighted by molar-refractivity contribution is 0.176. The van der Waals surface area contributed by atoms with Crippen LogP contribution in [0.5, 0.6) is 5.75 Å². The highest BCUT2D eigenvalue weighted by Gasteiger charge is 2.20. The Bertz CT molecular complexity index is 827. The molecule has 6 nitrogen and oxygen atoms in total. The largest absolute Gasteiger partial charge is 0.489 e. The summed E-state index contributed by atoms with van der Waals surface area (Å²) < 4.78 is 5.73. The number of guanidine groups is 1. The van der Waals surface area contributed by atoms with E-state index in [2.05, 4.69) is 50.5 Å². The maximum absolute atomic E-state index is 5.73. The summed E-state index contributed by atoms with van der Waals surface area (Å²) >= 11 is 1.73. The molecule has 0 aliphatic carbocycles. The minimum atomic E-state index is 0.505. The summed E-state index contributed by atoms with van der Waals surface area (Å²) in [5.41, 5.74) is 2.31. The van der Waals surface area contributed by atoms with Crippen molar-refractivity contribution < 1.29 is 4.74 Å². The molecule has 0 spiro atoms.